The van der Waals surface area contributed by atoms with Crippen molar-refractivity contribution < 1.29 is 22.7 Å². The lowest BCUT2D eigenvalue weighted by molar-refractivity contribution is -0.120. The molecule has 2 rings (SSSR count). The van der Waals surface area contributed by atoms with Crippen molar-refractivity contribution in [2.45, 2.75) is 37.1 Å². The van der Waals surface area contributed by atoms with Crippen molar-refractivity contribution in [1.29, 1.82) is 0 Å². The van der Waals surface area contributed by atoms with E-state index in [2.05, 4.69) is 5.32 Å². The molecule has 1 aromatic carbocycles. The van der Waals surface area contributed by atoms with Crippen molar-refractivity contribution in [3.05, 3.63) is 18.2 Å². The van der Waals surface area contributed by atoms with Crippen LogP contribution in [-0.4, -0.2) is 57.6 Å². The summed E-state index contributed by atoms with van der Waals surface area (Å²) < 4.78 is 37.7. The molecular weight excluding hydrogens is 394 g/mol. The molecule has 1 aliphatic rings. The summed E-state index contributed by atoms with van der Waals surface area (Å²) in [4.78, 5) is 12.4. The summed E-state index contributed by atoms with van der Waals surface area (Å²) in [6.07, 6.45) is 1.29. The zero-order valence-electron chi connectivity index (χ0n) is 15.9. The van der Waals surface area contributed by atoms with Crippen molar-refractivity contribution in [2.24, 2.45) is 5.73 Å². The second-order valence-corrected chi connectivity index (χ2v) is 8.41. The first-order chi connectivity index (χ1) is 12.2. The average Bonchev–Trinajstić information content (AvgIpc) is 2.62. The van der Waals surface area contributed by atoms with Gasteiger partial charge in [0.15, 0.2) is 0 Å². The van der Waals surface area contributed by atoms with Crippen molar-refractivity contribution in [2.75, 3.05) is 38.7 Å². The van der Waals surface area contributed by atoms with Crippen LogP contribution >= 0.6 is 12.4 Å². The number of halogens is 1. The first kappa shape index (κ1) is 23.6. The minimum atomic E-state index is -3.76. The van der Waals surface area contributed by atoms with E-state index >= 15 is 0 Å². The molecule has 1 unspecified atom stereocenters. The Balaban J connectivity index is 0.00000364. The van der Waals surface area contributed by atoms with Crippen LogP contribution in [0.5, 0.6) is 5.75 Å². The van der Waals surface area contributed by atoms with Gasteiger partial charge in [0.25, 0.3) is 0 Å². The number of anilines is 1. The Labute approximate surface area is 166 Å². The van der Waals surface area contributed by atoms with Gasteiger partial charge in [0.2, 0.25) is 15.9 Å². The molecule has 0 aromatic heterocycles. The van der Waals surface area contributed by atoms with Crippen molar-refractivity contribution >= 4 is 34.0 Å². The van der Waals surface area contributed by atoms with Crippen LogP contribution in [0.15, 0.2) is 23.1 Å². The van der Waals surface area contributed by atoms with Gasteiger partial charge in [-0.05, 0) is 31.5 Å². The predicted molar refractivity (Wildman–Crippen MR) is 106 cm³/mol. The van der Waals surface area contributed by atoms with Gasteiger partial charge in [-0.2, -0.15) is 4.31 Å². The molecule has 3 N–H and O–H groups in total. The topological polar surface area (TPSA) is 111 Å². The molecular formula is C17H28ClN3O5S. The Morgan fingerprint density at radius 2 is 2.00 bits per heavy atom. The highest BCUT2D eigenvalue weighted by atomic mass is 35.5. The number of hydrogen-bond acceptors (Lipinski definition) is 6. The maximum absolute atomic E-state index is 13.0. The van der Waals surface area contributed by atoms with Gasteiger partial charge < -0.3 is 20.5 Å². The maximum atomic E-state index is 13.0. The molecule has 0 bridgehead atoms. The van der Waals surface area contributed by atoms with Crippen molar-refractivity contribution in [3.63, 3.8) is 0 Å². The number of sulfonamides is 1. The number of methoxy groups -OCH3 is 1. The number of amides is 1. The van der Waals surface area contributed by atoms with E-state index < -0.39 is 15.6 Å². The molecule has 1 saturated heterocycles. The number of benzene rings is 1. The summed E-state index contributed by atoms with van der Waals surface area (Å²) >= 11 is 0. The number of rotatable bonds is 7. The molecule has 0 spiro atoms. The Bertz CT molecular complexity index is 749. The fourth-order valence-corrected chi connectivity index (χ4v) is 4.38. The van der Waals surface area contributed by atoms with Gasteiger partial charge >= 0.3 is 0 Å². The zero-order chi connectivity index (χ0) is 19.4. The van der Waals surface area contributed by atoms with E-state index in [1.807, 2.05) is 6.92 Å². The van der Waals surface area contributed by atoms with E-state index in [0.29, 0.717) is 25.3 Å². The predicted octanol–water partition coefficient (Wildman–Crippen LogP) is 1.59. The van der Waals surface area contributed by atoms with Crippen LogP contribution in [0, 0.1) is 0 Å². The van der Waals surface area contributed by atoms with Gasteiger partial charge in [-0.25, -0.2) is 8.42 Å². The number of carbonyl (C=O) groups is 1. The van der Waals surface area contributed by atoms with Crippen LogP contribution in [0.25, 0.3) is 0 Å². The van der Waals surface area contributed by atoms with Crippen LogP contribution in [0.3, 0.4) is 0 Å². The summed E-state index contributed by atoms with van der Waals surface area (Å²) in [5, 5.41) is 2.71. The number of nitrogens with zero attached hydrogens (tertiary/aromatic N) is 1. The van der Waals surface area contributed by atoms with Gasteiger partial charge in [-0.15, -0.1) is 12.4 Å². The number of morpholine rings is 1. The first-order valence-corrected chi connectivity index (χ1v) is 10.0. The molecule has 8 nitrogen and oxygen atoms in total. The highest BCUT2D eigenvalue weighted by molar-refractivity contribution is 7.89. The second-order valence-electron chi connectivity index (χ2n) is 6.50. The van der Waals surface area contributed by atoms with E-state index in [0.717, 1.165) is 6.42 Å². The Kier molecular flexibility index (Phi) is 8.49. The van der Waals surface area contributed by atoms with Crippen molar-refractivity contribution in [3.8, 4) is 5.75 Å². The third-order valence-electron chi connectivity index (χ3n) is 4.30. The number of nitrogens with two attached hydrogens (primary N) is 1. The molecule has 27 heavy (non-hydrogen) atoms. The van der Waals surface area contributed by atoms with E-state index in [-0.39, 0.29) is 42.0 Å². The normalized spacial score (nSPS) is 17.5. The molecule has 1 heterocycles. The second kappa shape index (κ2) is 9.70. The smallest absolute Gasteiger partial charge is 0.246 e. The van der Waals surface area contributed by atoms with Crippen LogP contribution in [-0.2, 0) is 19.6 Å². The van der Waals surface area contributed by atoms with Crippen molar-refractivity contribution in [1.82, 2.24) is 4.31 Å². The summed E-state index contributed by atoms with van der Waals surface area (Å²) in [5.74, 6) is -0.141. The average molecular weight is 422 g/mol. The highest BCUT2D eigenvalue weighted by Gasteiger charge is 2.31. The molecule has 1 fully saturated rings. The van der Waals surface area contributed by atoms with Gasteiger partial charge in [-0.1, -0.05) is 13.3 Å². The first-order valence-electron chi connectivity index (χ1n) is 8.58. The van der Waals surface area contributed by atoms with Crippen LogP contribution in [0.1, 0.15) is 26.7 Å². The number of carbonyl (C=O) groups excluding carboxylic acids is 1. The van der Waals surface area contributed by atoms with E-state index in [4.69, 9.17) is 15.2 Å². The minimum absolute atomic E-state index is 0. The van der Waals surface area contributed by atoms with Crippen LogP contribution < -0.4 is 15.8 Å². The lowest BCUT2D eigenvalue weighted by Gasteiger charge is -2.27. The third kappa shape index (κ3) is 5.55. The third-order valence-corrected chi connectivity index (χ3v) is 6.22. The van der Waals surface area contributed by atoms with Crippen LogP contribution in [0.2, 0.25) is 0 Å². The van der Waals surface area contributed by atoms with Crippen LogP contribution in [0.4, 0.5) is 5.69 Å². The maximum Gasteiger partial charge on any atom is 0.246 e. The van der Waals surface area contributed by atoms with Gasteiger partial charge in [0, 0.05) is 18.8 Å². The zero-order valence-corrected chi connectivity index (χ0v) is 17.5. The molecule has 0 saturated carbocycles. The lowest BCUT2D eigenvalue weighted by Crippen LogP contribution is -2.48. The Morgan fingerprint density at radius 3 is 2.56 bits per heavy atom. The highest BCUT2D eigenvalue weighted by Crippen LogP contribution is 2.30. The molecule has 0 aliphatic carbocycles. The number of ether oxygens (including phenoxy) is 2. The summed E-state index contributed by atoms with van der Waals surface area (Å²) in [6.45, 7) is 4.85. The van der Waals surface area contributed by atoms with E-state index in [9.17, 15) is 13.2 Å². The van der Waals surface area contributed by atoms with Gasteiger partial charge in [-0.3, -0.25) is 4.79 Å². The molecule has 0 radical (unpaired) electrons. The lowest BCUT2D eigenvalue weighted by atomic mass is 9.96. The standard InChI is InChI=1S/C17H27N3O5S.ClH/c1-4-7-17(2,18)16(21)19-13-5-6-14(24-3)15(12-13)26(22,23)20-8-10-25-11-9-20;/h5-6,12H,4,7-11,18H2,1-3H3,(H,19,21);1H. The summed E-state index contributed by atoms with van der Waals surface area (Å²) in [6, 6.07) is 4.53. The summed E-state index contributed by atoms with van der Waals surface area (Å²) in [7, 11) is -2.36. The number of nitrogens with one attached hydrogen (secondary N) is 1. The fraction of sp³-hybridized carbons (Fsp3) is 0.588. The molecule has 1 aromatic rings. The largest absolute Gasteiger partial charge is 0.495 e. The summed E-state index contributed by atoms with van der Waals surface area (Å²) in [5.41, 5.74) is 5.37. The molecule has 1 amide bonds. The minimum Gasteiger partial charge on any atom is -0.495 e. The Hall–Kier alpha value is -1.39. The molecule has 10 heteroatoms. The van der Waals surface area contributed by atoms with Gasteiger partial charge in [0.1, 0.15) is 10.6 Å². The van der Waals surface area contributed by atoms with E-state index in [1.165, 1.54) is 23.5 Å². The molecule has 154 valence electrons. The molecule has 1 aliphatic heterocycles. The van der Waals surface area contributed by atoms with E-state index in [1.54, 1.807) is 13.0 Å². The SMILES string of the molecule is CCCC(C)(N)C(=O)Nc1ccc(OC)c(S(=O)(=O)N2CCOCC2)c1.Cl. The quantitative estimate of drug-likeness (QED) is 0.691. The number of hydrogen-bond donors (Lipinski definition) is 2. The Morgan fingerprint density at radius 1 is 1.37 bits per heavy atom. The monoisotopic (exact) mass is 421 g/mol. The fourth-order valence-electron chi connectivity index (χ4n) is 2.79. The van der Waals surface area contributed by atoms with Gasteiger partial charge in [0.05, 0.1) is 25.9 Å². The molecule has 1 atom stereocenters.